The number of carbonyl (C=O) groups excluding carboxylic acids is 1. The minimum Gasteiger partial charge on any atom is -0.373 e. The molecule has 1 fully saturated rings. The van der Waals surface area contributed by atoms with Gasteiger partial charge in [-0.05, 0) is 12.8 Å². The van der Waals surface area contributed by atoms with Crippen molar-refractivity contribution in [2.75, 3.05) is 18.1 Å². The molecule has 0 aliphatic carbocycles. The maximum atomic E-state index is 11.9. The van der Waals surface area contributed by atoms with E-state index in [0.29, 0.717) is 18.7 Å². The standard InChI is InChI=1S/C13H21N3O2S/c17-12(16-8-9-19-10-13(16)18)4-2-1-3-6-15-7-5-14-11-15/h5,7,11,13,18H,1-4,6,8-10H2. The van der Waals surface area contributed by atoms with Crippen molar-refractivity contribution in [2.45, 2.75) is 38.5 Å². The van der Waals surface area contributed by atoms with Gasteiger partial charge in [0.05, 0.1) is 6.33 Å². The molecule has 5 nitrogen and oxygen atoms in total. The van der Waals surface area contributed by atoms with Gasteiger partial charge >= 0.3 is 0 Å². The summed E-state index contributed by atoms with van der Waals surface area (Å²) in [5, 5.41) is 9.74. The van der Waals surface area contributed by atoms with E-state index < -0.39 is 6.23 Å². The number of hydrogen-bond acceptors (Lipinski definition) is 4. The van der Waals surface area contributed by atoms with Crippen LogP contribution in [0.25, 0.3) is 0 Å². The van der Waals surface area contributed by atoms with Gasteiger partial charge in [-0.25, -0.2) is 4.98 Å². The summed E-state index contributed by atoms with van der Waals surface area (Å²) in [6.45, 7) is 1.64. The van der Waals surface area contributed by atoms with Crippen LogP contribution in [0.15, 0.2) is 18.7 Å². The van der Waals surface area contributed by atoms with Crippen LogP contribution in [0, 0.1) is 0 Å². The summed E-state index contributed by atoms with van der Waals surface area (Å²) in [5.74, 6) is 1.67. The average molecular weight is 283 g/mol. The van der Waals surface area contributed by atoms with Crippen molar-refractivity contribution in [3.63, 3.8) is 0 Å². The molecule has 1 aliphatic heterocycles. The lowest BCUT2D eigenvalue weighted by Crippen LogP contribution is -2.45. The molecule has 0 spiro atoms. The lowest BCUT2D eigenvalue weighted by atomic mass is 10.1. The first-order valence-corrected chi connectivity index (χ1v) is 7.94. The fraction of sp³-hybridized carbons (Fsp3) is 0.692. The van der Waals surface area contributed by atoms with Crippen LogP contribution >= 0.6 is 11.8 Å². The van der Waals surface area contributed by atoms with Crippen molar-refractivity contribution in [1.29, 1.82) is 0 Å². The Morgan fingerprint density at radius 1 is 1.42 bits per heavy atom. The SMILES string of the molecule is O=C(CCCCCn1ccnc1)N1CCSCC1O. The van der Waals surface area contributed by atoms with Crippen LogP contribution in [-0.2, 0) is 11.3 Å². The molecule has 6 heteroatoms. The zero-order valence-corrected chi connectivity index (χ0v) is 11.9. The topological polar surface area (TPSA) is 58.4 Å². The molecule has 19 heavy (non-hydrogen) atoms. The third-order valence-corrected chi connectivity index (χ3v) is 4.29. The van der Waals surface area contributed by atoms with Gasteiger partial charge in [0.2, 0.25) is 5.91 Å². The number of imidazole rings is 1. The number of aryl methyl sites for hydroxylation is 1. The maximum Gasteiger partial charge on any atom is 0.224 e. The van der Waals surface area contributed by atoms with Crippen LogP contribution < -0.4 is 0 Å². The average Bonchev–Trinajstić information content (AvgIpc) is 2.92. The van der Waals surface area contributed by atoms with Crippen LogP contribution in [0.4, 0.5) is 0 Å². The molecule has 1 atom stereocenters. The quantitative estimate of drug-likeness (QED) is 0.800. The number of unbranched alkanes of at least 4 members (excludes halogenated alkanes) is 2. The molecule has 0 radical (unpaired) electrons. The summed E-state index contributed by atoms with van der Waals surface area (Å²) in [5.41, 5.74) is 0. The summed E-state index contributed by atoms with van der Waals surface area (Å²) >= 11 is 1.70. The van der Waals surface area contributed by atoms with Gasteiger partial charge < -0.3 is 14.6 Å². The van der Waals surface area contributed by atoms with Gasteiger partial charge in [-0.2, -0.15) is 11.8 Å². The highest BCUT2D eigenvalue weighted by atomic mass is 32.2. The molecule has 2 heterocycles. The number of thioether (sulfide) groups is 1. The number of aromatic nitrogens is 2. The number of hydrogen-bond donors (Lipinski definition) is 1. The summed E-state index contributed by atoms with van der Waals surface area (Å²) < 4.78 is 2.05. The molecule has 0 bridgehead atoms. The Morgan fingerprint density at radius 2 is 2.32 bits per heavy atom. The van der Waals surface area contributed by atoms with E-state index in [2.05, 4.69) is 4.98 Å². The molecule has 0 saturated carbocycles. The van der Waals surface area contributed by atoms with Gasteiger partial charge in [0.1, 0.15) is 6.23 Å². The van der Waals surface area contributed by atoms with Crippen molar-refractivity contribution in [2.24, 2.45) is 0 Å². The fourth-order valence-corrected chi connectivity index (χ4v) is 3.07. The van der Waals surface area contributed by atoms with E-state index in [4.69, 9.17) is 0 Å². The monoisotopic (exact) mass is 283 g/mol. The van der Waals surface area contributed by atoms with Crippen molar-refractivity contribution >= 4 is 17.7 Å². The molecule has 1 amide bonds. The summed E-state index contributed by atoms with van der Waals surface area (Å²) in [6, 6.07) is 0. The first-order chi connectivity index (χ1) is 9.27. The van der Waals surface area contributed by atoms with Crippen molar-refractivity contribution in [3.05, 3.63) is 18.7 Å². The Kier molecular flexibility index (Phi) is 5.72. The maximum absolute atomic E-state index is 11.9. The second-order valence-corrected chi connectivity index (χ2v) is 5.90. The number of rotatable bonds is 6. The van der Waals surface area contributed by atoms with Gasteiger partial charge in [-0.15, -0.1) is 0 Å². The largest absolute Gasteiger partial charge is 0.373 e. The van der Waals surface area contributed by atoms with Crippen LogP contribution in [0.3, 0.4) is 0 Å². The Balaban J connectivity index is 1.58. The van der Waals surface area contributed by atoms with Gasteiger partial charge in [0, 0.05) is 43.4 Å². The zero-order chi connectivity index (χ0) is 13.5. The van der Waals surface area contributed by atoms with Gasteiger partial charge in [0.25, 0.3) is 0 Å². The van der Waals surface area contributed by atoms with E-state index >= 15 is 0 Å². The Morgan fingerprint density at radius 3 is 3.05 bits per heavy atom. The highest BCUT2D eigenvalue weighted by molar-refractivity contribution is 7.99. The molecule has 1 aliphatic rings. The molecule has 1 aromatic rings. The van der Waals surface area contributed by atoms with Crippen LogP contribution in [0.1, 0.15) is 25.7 Å². The van der Waals surface area contributed by atoms with Gasteiger partial charge in [0.15, 0.2) is 0 Å². The van der Waals surface area contributed by atoms with E-state index in [1.165, 1.54) is 0 Å². The van der Waals surface area contributed by atoms with Crippen LogP contribution in [0.2, 0.25) is 0 Å². The molecule has 106 valence electrons. The fourth-order valence-electron chi connectivity index (χ4n) is 2.19. The molecule has 0 aromatic carbocycles. The van der Waals surface area contributed by atoms with Gasteiger partial charge in [-0.3, -0.25) is 4.79 Å². The predicted molar refractivity (Wildman–Crippen MR) is 75.7 cm³/mol. The number of nitrogens with zero attached hydrogens (tertiary/aromatic N) is 3. The second-order valence-electron chi connectivity index (χ2n) is 4.75. The summed E-state index contributed by atoms with van der Waals surface area (Å²) in [4.78, 5) is 17.6. The Hall–Kier alpha value is -1.01. The van der Waals surface area contributed by atoms with Crippen LogP contribution in [-0.4, -0.2) is 49.7 Å². The summed E-state index contributed by atoms with van der Waals surface area (Å²) in [7, 11) is 0. The molecule has 1 saturated heterocycles. The molecule has 1 unspecified atom stereocenters. The zero-order valence-electron chi connectivity index (χ0n) is 11.1. The first kappa shape index (κ1) is 14.4. The van der Waals surface area contributed by atoms with E-state index in [-0.39, 0.29) is 5.91 Å². The van der Waals surface area contributed by atoms with E-state index in [9.17, 15) is 9.90 Å². The highest BCUT2D eigenvalue weighted by Gasteiger charge is 2.24. The number of amides is 1. The summed E-state index contributed by atoms with van der Waals surface area (Å²) in [6.07, 6.45) is 8.48. The molecule has 1 aromatic heterocycles. The minimum absolute atomic E-state index is 0.0930. The van der Waals surface area contributed by atoms with Crippen molar-refractivity contribution in [3.8, 4) is 0 Å². The van der Waals surface area contributed by atoms with Crippen LogP contribution in [0.5, 0.6) is 0 Å². The van der Waals surface area contributed by atoms with E-state index in [0.717, 1.165) is 31.6 Å². The molecular formula is C13H21N3O2S. The lowest BCUT2D eigenvalue weighted by Gasteiger charge is -2.31. The normalized spacial score (nSPS) is 19.6. The number of carbonyl (C=O) groups is 1. The first-order valence-electron chi connectivity index (χ1n) is 6.78. The number of aliphatic hydroxyl groups excluding tert-OH is 1. The second kappa shape index (κ2) is 7.55. The Labute approximate surface area is 118 Å². The molecule has 1 N–H and O–H groups in total. The highest BCUT2D eigenvalue weighted by Crippen LogP contribution is 2.16. The predicted octanol–water partition coefficient (Wildman–Crippen LogP) is 1.34. The molecule has 2 rings (SSSR count). The van der Waals surface area contributed by atoms with E-state index in [1.54, 1.807) is 22.9 Å². The number of aliphatic hydroxyl groups is 1. The molecular weight excluding hydrogens is 262 g/mol. The lowest BCUT2D eigenvalue weighted by molar-refractivity contribution is -0.139. The van der Waals surface area contributed by atoms with E-state index in [1.807, 2.05) is 17.1 Å². The van der Waals surface area contributed by atoms with Crippen molar-refractivity contribution in [1.82, 2.24) is 14.5 Å². The van der Waals surface area contributed by atoms with Gasteiger partial charge in [-0.1, -0.05) is 6.42 Å². The smallest absolute Gasteiger partial charge is 0.224 e. The minimum atomic E-state index is -0.586. The third-order valence-electron chi connectivity index (χ3n) is 3.29. The third kappa shape index (κ3) is 4.54. The van der Waals surface area contributed by atoms with Crippen molar-refractivity contribution < 1.29 is 9.90 Å². The Bertz CT molecular complexity index is 383.